The van der Waals surface area contributed by atoms with Gasteiger partial charge in [-0.2, -0.15) is 0 Å². The lowest BCUT2D eigenvalue weighted by Crippen LogP contribution is -2.40. The summed E-state index contributed by atoms with van der Waals surface area (Å²) in [5.41, 5.74) is 1.45. The molecule has 0 fully saturated rings. The molecule has 22 heavy (non-hydrogen) atoms. The van der Waals surface area contributed by atoms with Crippen molar-refractivity contribution in [3.8, 4) is 0 Å². The van der Waals surface area contributed by atoms with Gasteiger partial charge in [0.1, 0.15) is 0 Å². The first-order valence-electron chi connectivity index (χ1n) is 7.48. The van der Waals surface area contributed by atoms with Crippen molar-refractivity contribution in [3.05, 3.63) is 46.2 Å². The first-order chi connectivity index (χ1) is 10.3. The lowest BCUT2D eigenvalue weighted by atomic mass is 9.97. The van der Waals surface area contributed by atoms with Crippen molar-refractivity contribution in [2.24, 2.45) is 5.41 Å². The van der Waals surface area contributed by atoms with E-state index >= 15 is 0 Å². The second kappa shape index (κ2) is 6.64. The fourth-order valence-electron chi connectivity index (χ4n) is 2.10. The number of aromatic amines is 1. The van der Waals surface area contributed by atoms with Gasteiger partial charge < -0.3 is 15.6 Å². The summed E-state index contributed by atoms with van der Waals surface area (Å²) >= 11 is 0. The lowest BCUT2D eigenvalue weighted by Gasteiger charge is -2.18. The average molecular weight is 301 g/mol. The van der Waals surface area contributed by atoms with Crippen molar-refractivity contribution < 1.29 is 4.79 Å². The zero-order valence-electron chi connectivity index (χ0n) is 13.3. The van der Waals surface area contributed by atoms with Crippen LogP contribution in [0.15, 0.2) is 35.1 Å². The number of nitrogens with one attached hydrogen (secondary N) is 3. The predicted octanol–water partition coefficient (Wildman–Crippen LogP) is 2.42. The topological polar surface area (TPSA) is 74.0 Å². The number of amides is 2. The number of pyridine rings is 1. The Bertz CT molecular complexity index is 714. The third-order valence-electron chi connectivity index (χ3n) is 3.29. The molecule has 0 aliphatic rings. The van der Waals surface area contributed by atoms with Gasteiger partial charge in [-0.25, -0.2) is 4.79 Å². The molecule has 3 N–H and O–H groups in total. The number of carbonyl (C=O) groups is 1. The normalized spacial score (nSPS) is 11.4. The van der Waals surface area contributed by atoms with Gasteiger partial charge in [0, 0.05) is 24.2 Å². The van der Waals surface area contributed by atoms with Crippen LogP contribution in [0.2, 0.25) is 0 Å². The third kappa shape index (κ3) is 4.62. The maximum atomic E-state index is 12.0. The van der Waals surface area contributed by atoms with Crippen molar-refractivity contribution in [3.63, 3.8) is 0 Å². The van der Waals surface area contributed by atoms with Crippen LogP contribution >= 0.6 is 0 Å². The highest BCUT2D eigenvalue weighted by Gasteiger charge is 2.11. The maximum absolute atomic E-state index is 12.0. The first kappa shape index (κ1) is 16.1. The molecule has 5 nitrogen and oxygen atoms in total. The molecule has 1 aromatic carbocycles. The van der Waals surface area contributed by atoms with E-state index in [-0.39, 0.29) is 17.0 Å². The fourth-order valence-corrected chi connectivity index (χ4v) is 2.10. The molecule has 0 spiro atoms. The van der Waals surface area contributed by atoms with Crippen LogP contribution in [0.5, 0.6) is 0 Å². The minimum Gasteiger partial charge on any atom is -0.338 e. The molecule has 0 unspecified atom stereocenters. The van der Waals surface area contributed by atoms with E-state index in [1.165, 1.54) is 0 Å². The summed E-state index contributed by atoms with van der Waals surface area (Å²) in [6.07, 6.45) is 0.503. The number of hydrogen-bond donors (Lipinski definition) is 3. The smallest absolute Gasteiger partial charge is 0.314 e. The quantitative estimate of drug-likeness (QED) is 0.811. The second-order valence-corrected chi connectivity index (χ2v) is 6.63. The van der Waals surface area contributed by atoms with E-state index in [1.54, 1.807) is 0 Å². The van der Waals surface area contributed by atoms with Gasteiger partial charge >= 0.3 is 6.03 Å². The number of fused-ring (bicyclic) bond motifs is 1. The monoisotopic (exact) mass is 301 g/mol. The molecule has 0 aliphatic carbocycles. The summed E-state index contributed by atoms with van der Waals surface area (Å²) in [7, 11) is 0. The second-order valence-electron chi connectivity index (χ2n) is 6.63. The van der Waals surface area contributed by atoms with Gasteiger partial charge in [0.2, 0.25) is 0 Å². The largest absolute Gasteiger partial charge is 0.338 e. The highest BCUT2D eigenvalue weighted by atomic mass is 16.2. The number of hydrogen-bond acceptors (Lipinski definition) is 2. The number of rotatable bonds is 4. The third-order valence-corrected chi connectivity index (χ3v) is 3.29. The van der Waals surface area contributed by atoms with Gasteiger partial charge in [-0.05, 0) is 29.4 Å². The summed E-state index contributed by atoms with van der Waals surface area (Å²) in [5.74, 6) is 0. The van der Waals surface area contributed by atoms with Crippen molar-refractivity contribution >= 4 is 16.9 Å². The maximum Gasteiger partial charge on any atom is 0.314 e. The van der Waals surface area contributed by atoms with Gasteiger partial charge in [0.15, 0.2) is 0 Å². The minimum atomic E-state index is -0.202. The SMILES string of the molecule is CC(C)(C)CNC(=O)NCCc1cc2ccccc2[nH]c1=O. The van der Waals surface area contributed by atoms with Crippen molar-refractivity contribution in [2.75, 3.05) is 13.1 Å². The Labute approximate surface area is 130 Å². The molecule has 118 valence electrons. The van der Waals surface area contributed by atoms with Crippen LogP contribution in [0.1, 0.15) is 26.3 Å². The van der Waals surface area contributed by atoms with Crippen LogP contribution < -0.4 is 16.2 Å². The van der Waals surface area contributed by atoms with E-state index < -0.39 is 0 Å². The first-order valence-corrected chi connectivity index (χ1v) is 7.48. The number of para-hydroxylation sites is 1. The van der Waals surface area contributed by atoms with E-state index in [0.29, 0.717) is 25.1 Å². The Morgan fingerprint density at radius 1 is 1.18 bits per heavy atom. The molecule has 2 rings (SSSR count). The van der Waals surface area contributed by atoms with Gasteiger partial charge in [0.05, 0.1) is 0 Å². The molecular formula is C17H23N3O2. The van der Waals surface area contributed by atoms with E-state index in [2.05, 4.69) is 36.4 Å². The van der Waals surface area contributed by atoms with Crippen LogP contribution in [0.25, 0.3) is 10.9 Å². The molecule has 0 atom stereocenters. The standard InChI is InChI=1S/C17H23N3O2/c1-17(2,3)11-19-16(22)18-9-8-13-10-12-6-4-5-7-14(12)20-15(13)21/h4-7,10H,8-9,11H2,1-3H3,(H,20,21)(H2,18,19,22). The zero-order valence-corrected chi connectivity index (χ0v) is 13.3. The van der Waals surface area contributed by atoms with Gasteiger partial charge in [-0.3, -0.25) is 4.79 Å². The van der Waals surface area contributed by atoms with Crippen molar-refractivity contribution in [1.82, 2.24) is 15.6 Å². The van der Waals surface area contributed by atoms with Crippen LogP contribution in [0, 0.1) is 5.41 Å². The summed E-state index contributed by atoms with van der Waals surface area (Å²) in [5, 5.41) is 6.59. The summed E-state index contributed by atoms with van der Waals surface area (Å²) in [4.78, 5) is 26.5. The Hall–Kier alpha value is -2.30. The summed E-state index contributed by atoms with van der Waals surface area (Å²) in [6, 6.07) is 9.33. The predicted molar refractivity (Wildman–Crippen MR) is 89.1 cm³/mol. The van der Waals surface area contributed by atoms with Gasteiger partial charge in [-0.15, -0.1) is 0 Å². The number of benzene rings is 1. The molecule has 0 saturated heterocycles. The highest BCUT2D eigenvalue weighted by molar-refractivity contribution is 5.78. The van der Waals surface area contributed by atoms with Crippen LogP contribution in [0.3, 0.4) is 0 Å². The summed E-state index contributed by atoms with van der Waals surface area (Å²) < 4.78 is 0. The molecule has 2 aromatic rings. The molecule has 0 saturated carbocycles. The number of aromatic nitrogens is 1. The average Bonchev–Trinajstić information content (AvgIpc) is 2.45. The van der Waals surface area contributed by atoms with Gasteiger partial charge in [0.25, 0.3) is 5.56 Å². The van der Waals surface area contributed by atoms with Crippen LogP contribution in [-0.2, 0) is 6.42 Å². The van der Waals surface area contributed by atoms with Crippen LogP contribution in [0.4, 0.5) is 4.79 Å². The van der Waals surface area contributed by atoms with E-state index in [4.69, 9.17) is 0 Å². The number of carbonyl (C=O) groups excluding carboxylic acids is 1. The zero-order chi connectivity index (χ0) is 16.2. The van der Waals surface area contributed by atoms with Crippen molar-refractivity contribution in [2.45, 2.75) is 27.2 Å². The molecule has 1 aromatic heterocycles. The summed E-state index contributed by atoms with van der Waals surface area (Å²) in [6.45, 7) is 7.21. The molecule has 0 bridgehead atoms. The van der Waals surface area contributed by atoms with Crippen LogP contribution in [-0.4, -0.2) is 24.1 Å². The van der Waals surface area contributed by atoms with E-state index in [9.17, 15) is 9.59 Å². The van der Waals surface area contributed by atoms with Crippen molar-refractivity contribution in [1.29, 1.82) is 0 Å². The molecule has 5 heteroatoms. The molecular weight excluding hydrogens is 278 g/mol. The number of H-pyrrole nitrogens is 1. The highest BCUT2D eigenvalue weighted by Crippen LogP contribution is 2.10. The van der Waals surface area contributed by atoms with E-state index in [1.807, 2.05) is 30.3 Å². The van der Waals surface area contributed by atoms with Gasteiger partial charge in [-0.1, -0.05) is 39.0 Å². The Morgan fingerprint density at radius 3 is 2.64 bits per heavy atom. The fraction of sp³-hybridized carbons (Fsp3) is 0.412. The molecule has 1 heterocycles. The number of urea groups is 1. The minimum absolute atomic E-state index is 0.0484. The molecule has 2 amide bonds. The Balaban J connectivity index is 1.91. The molecule has 0 aliphatic heterocycles. The Morgan fingerprint density at radius 2 is 1.91 bits per heavy atom. The molecule has 0 radical (unpaired) electrons. The lowest BCUT2D eigenvalue weighted by molar-refractivity contribution is 0.235. The van der Waals surface area contributed by atoms with E-state index in [0.717, 1.165) is 10.9 Å². The Kier molecular flexibility index (Phi) is 4.85.